The third-order valence-corrected chi connectivity index (χ3v) is 4.84. The molecule has 0 saturated heterocycles. The van der Waals surface area contributed by atoms with Crippen LogP contribution in [-0.2, 0) is 0 Å². The number of rotatable bonds is 3. The van der Waals surface area contributed by atoms with Gasteiger partial charge in [-0.05, 0) is 31.2 Å². The molecular weight excluding hydrogens is 408 g/mol. The Labute approximate surface area is 169 Å². The quantitative estimate of drug-likeness (QED) is 0.668. The van der Waals surface area contributed by atoms with Crippen molar-refractivity contribution in [3.05, 3.63) is 63.6 Å². The van der Waals surface area contributed by atoms with Gasteiger partial charge in [0.2, 0.25) is 0 Å². The Morgan fingerprint density at radius 3 is 2.46 bits per heavy atom. The topological polar surface area (TPSA) is 65.4 Å². The first-order valence-electron chi connectivity index (χ1n) is 8.35. The molecule has 2 heterocycles. The molecule has 0 fully saturated rings. The first kappa shape index (κ1) is 18.6. The van der Waals surface area contributed by atoms with Crippen LogP contribution in [0.2, 0.25) is 10.2 Å². The number of aromatic nitrogens is 2. The Balaban J connectivity index is 1.65. The molecule has 144 valence electrons. The summed E-state index contributed by atoms with van der Waals surface area (Å²) in [5.74, 6) is 0.160. The minimum absolute atomic E-state index is 0.107. The van der Waals surface area contributed by atoms with Crippen LogP contribution >= 0.6 is 23.2 Å². The molecule has 0 atom stereocenters. The van der Waals surface area contributed by atoms with Crippen LogP contribution in [0, 0.1) is 12.7 Å². The van der Waals surface area contributed by atoms with E-state index in [0.717, 1.165) is 0 Å². The van der Waals surface area contributed by atoms with Crippen LogP contribution in [0.25, 0.3) is 5.69 Å². The molecule has 1 aliphatic heterocycles. The minimum Gasteiger partial charge on any atom is -0.486 e. The van der Waals surface area contributed by atoms with E-state index in [9.17, 15) is 9.18 Å². The summed E-state index contributed by atoms with van der Waals surface area (Å²) in [6.45, 7) is 2.51. The number of hydrogen-bond donors (Lipinski definition) is 1. The molecule has 4 rings (SSSR count). The normalized spacial score (nSPS) is 12.7. The Hall–Kier alpha value is -2.77. The third kappa shape index (κ3) is 3.39. The van der Waals surface area contributed by atoms with Gasteiger partial charge >= 0.3 is 0 Å². The van der Waals surface area contributed by atoms with Crippen LogP contribution in [0.5, 0.6) is 11.5 Å². The number of carbonyl (C=O) groups excluding carboxylic acids is 1. The number of halogens is 3. The minimum atomic E-state index is -0.477. The summed E-state index contributed by atoms with van der Waals surface area (Å²) >= 11 is 12.6. The molecule has 1 N–H and O–H groups in total. The lowest BCUT2D eigenvalue weighted by Gasteiger charge is -2.20. The maximum atomic E-state index is 13.2. The number of anilines is 1. The lowest BCUT2D eigenvalue weighted by atomic mass is 10.2. The van der Waals surface area contributed by atoms with E-state index in [1.807, 2.05) is 0 Å². The van der Waals surface area contributed by atoms with E-state index in [0.29, 0.717) is 46.8 Å². The number of nitrogens with one attached hydrogen (secondary N) is 1. The number of fused-ring (bicyclic) bond motifs is 1. The highest BCUT2D eigenvalue weighted by molar-refractivity contribution is 6.35. The fourth-order valence-electron chi connectivity index (χ4n) is 2.86. The second-order valence-electron chi connectivity index (χ2n) is 6.07. The van der Waals surface area contributed by atoms with Gasteiger partial charge in [0.05, 0.1) is 22.1 Å². The molecule has 0 saturated carbocycles. The number of ether oxygens (including phenoxy) is 2. The molecule has 0 aliphatic carbocycles. The fraction of sp³-hybridized carbons (Fsp3) is 0.158. The van der Waals surface area contributed by atoms with E-state index in [1.165, 1.54) is 28.9 Å². The van der Waals surface area contributed by atoms with Crippen molar-refractivity contribution in [3.63, 3.8) is 0 Å². The van der Waals surface area contributed by atoms with Gasteiger partial charge in [-0.15, -0.1) is 0 Å². The monoisotopic (exact) mass is 421 g/mol. The number of carbonyl (C=O) groups is 1. The first-order valence-corrected chi connectivity index (χ1v) is 9.11. The van der Waals surface area contributed by atoms with Crippen molar-refractivity contribution in [1.82, 2.24) is 9.78 Å². The number of benzene rings is 2. The molecule has 2 aromatic carbocycles. The molecule has 6 nitrogen and oxygen atoms in total. The standard InChI is InChI=1S/C19H14Cl2FN3O3/c1-10-17(18(21)25(24-10)12-4-2-11(22)3-5-12)19(26)23-14-9-16-15(8-13(14)20)27-6-7-28-16/h2-5,8-9H,6-7H2,1H3,(H,23,26). The van der Waals surface area contributed by atoms with Crippen molar-refractivity contribution < 1.29 is 18.7 Å². The van der Waals surface area contributed by atoms with E-state index in [1.54, 1.807) is 19.1 Å². The molecule has 1 aliphatic rings. The SMILES string of the molecule is Cc1nn(-c2ccc(F)cc2)c(Cl)c1C(=O)Nc1cc2c(cc1Cl)OCCO2. The van der Waals surface area contributed by atoms with Crippen LogP contribution in [-0.4, -0.2) is 28.9 Å². The summed E-state index contributed by atoms with van der Waals surface area (Å²) in [5, 5.41) is 7.43. The van der Waals surface area contributed by atoms with Gasteiger partial charge < -0.3 is 14.8 Å². The van der Waals surface area contributed by atoms with Crippen LogP contribution in [0.1, 0.15) is 16.1 Å². The van der Waals surface area contributed by atoms with Crippen molar-refractivity contribution in [2.45, 2.75) is 6.92 Å². The molecule has 0 radical (unpaired) electrons. The summed E-state index contributed by atoms with van der Waals surface area (Å²) in [6.07, 6.45) is 0. The van der Waals surface area contributed by atoms with Gasteiger partial charge in [-0.25, -0.2) is 9.07 Å². The molecule has 1 aromatic heterocycles. The number of aryl methyl sites for hydroxylation is 1. The predicted octanol–water partition coefficient (Wildman–Crippen LogP) is 4.65. The van der Waals surface area contributed by atoms with Gasteiger partial charge in [0.25, 0.3) is 5.91 Å². The van der Waals surface area contributed by atoms with E-state index in [-0.39, 0.29) is 16.5 Å². The smallest absolute Gasteiger partial charge is 0.260 e. The summed E-state index contributed by atoms with van der Waals surface area (Å²) in [6, 6.07) is 8.80. The fourth-order valence-corrected chi connectivity index (χ4v) is 3.41. The van der Waals surface area contributed by atoms with Gasteiger partial charge in [-0.1, -0.05) is 23.2 Å². The molecule has 1 amide bonds. The zero-order valence-electron chi connectivity index (χ0n) is 14.6. The van der Waals surface area contributed by atoms with Gasteiger partial charge in [0.15, 0.2) is 11.5 Å². The third-order valence-electron chi connectivity index (χ3n) is 4.18. The lowest BCUT2D eigenvalue weighted by molar-refractivity contribution is 0.102. The van der Waals surface area contributed by atoms with Crippen molar-refractivity contribution in [2.24, 2.45) is 0 Å². The van der Waals surface area contributed by atoms with E-state index in [2.05, 4.69) is 10.4 Å². The van der Waals surface area contributed by atoms with Crippen LogP contribution in [0.3, 0.4) is 0 Å². The average Bonchev–Trinajstić information content (AvgIpc) is 2.97. The van der Waals surface area contributed by atoms with Gasteiger partial charge in [-0.3, -0.25) is 4.79 Å². The van der Waals surface area contributed by atoms with Crippen LogP contribution in [0.4, 0.5) is 10.1 Å². The molecular formula is C19H14Cl2FN3O3. The van der Waals surface area contributed by atoms with E-state index < -0.39 is 5.91 Å². The maximum Gasteiger partial charge on any atom is 0.260 e. The molecule has 3 aromatic rings. The second kappa shape index (κ2) is 7.33. The highest BCUT2D eigenvalue weighted by Gasteiger charge is 2.23. The van der Waals surface area contributed by atoms with Gasteiger partial charge in [0, 0.05) is 12.1 Å². The van der Waals surface area contributed by atoms with Crippen molar-refractivity contribution in [2.75, 3.05) is 18.5 Å². The number of hydrogen-bond acceptors (Lipinski definition) is 4. The first-order chi connectivity index (χ1) is 13.4. The highest BCUT2D eigenvalue weighted by atomic mass is 35.5. The lowest BCUT2D eigenvalue weighted by Crippen LogP contribution is -2.17. The van der Waals surface area contributed by atoms with Gasteiger partial charge in [-0.2, -0.15) is 5.10 Å². The van der Waals surface area contributed by atoms with Crippen molar-refractivity contribution in [3.8, 4) is 17.2 Å². The van der Waals surface area contributed by atoms with Crippen LogP contribution < -0.4 is 14.8 Å². The molecule has 9 heteroatoms. The zero-order chi connectivity index (χ0) is 19.8. The summed E-state index contributed by atoms with van der Waals surface area (Å²) < 4.78 is 25.5. The zero-order valence-corrected chi connectivity index (χ0v) is 16.1. The largest absolute Gasteiger partial charge is 0.486 e. The average molecular weight is 422 g/mol. The van der Waals surface area contributed by atoms with E-state index >= 15 is 0 Å². The number of nitrogens with zero attached hydrogens (tertiary/aromatic N) is 2. The molecule has 0 unspecified atom stereocenters. The van der Waals surface area contributed by atoms with Crippen molar-refractivity contribution in [1.29, 1.82) is 0 Å². The van der Waals surface area contributed by atoms with Gasteiger partial charge in [0.1, 0.15) is 29.7 Å². The van der Waals surface area contributed by atoms with Crippen LogP contribution in [0.15, 0.2) is 36.4 Å². The Bertz CT molecular complexity index is 1070. The maximum absolute atomic E-state index is 13.2. The highest BCUT2D eigenvalue weighted by Crippen LogP contribution is 2.38. The van der Waals surface area contributed by atoms with Crippen molar-refractivity contribution >= 4 is 34.8 Å². The second-order valence-corrected chi connectivity index (χ2v) is 6.83. The van der Waals surface area contributed by atoms with E-state index in [4.69, 9.17) is 32.7 Å². The summed E-state index contributed by atoms with van der Waals surface area (Å²) in [7, 11) is 0. The predicted molar refractivity (Wildman–Crippen MR) is 104 cm³/mol. The summed E-state index contributed by atoms with van der Waals surface area (Å²) in [5.41, 5.74) is 1.50. The molecule has 0 spiro atoms. The Morgan fingerprint density at radius 1 is 1.14 bits per heavy atom. The molecule has 0 bridgehead atoms. The Kier molecular flexibility index (Phi) is 4.87. The Morgan fingerprint density at radius 2 is 1.79 bits per heavy atom. The summed E-state index contributed by atoms with van der Waals surface area (Å²) in [4.78, 5) is 12.8. The molecule has 28 heavy (non-hydrogen) atoms. The number of amides is 1.